The summed E-state index contributed by atoms with van der Waals surface area (Å²) >= 11 is 5.69. The van der Waals surface area contributed by atoms with Crippen molar-refractivity contribution in [1.82, 2.24) is 4.98 Å². The highest BCUT2D eigenvalue weighted by atomic mass is 35.5. The van der Waals surface area contributed by atoms with Crippen molar-refractivity contribution in [3.05, 3.63) is 28.5 Å². The molecule has 0 aliphatic rings. The van der Waals surface area contributed by atoms with E-state index in [0.717, 1.165) is 12.3 Å². The van der Waals surface area contributed by atoms with Gasteiger partial charge in [-0.2, -0.15) is 0 Å². The summed E-state index contributed by atoms with van der Waals surface area (Å²) in [5, 5.41) is 34.8. The smallest absolute Gasteiger partial charge is 0.324 e. The van der Waals surface area contributed by atoms with Gasteiger partial charge >= 0.3 is 23.9 Å². The highest BCUT2D eigenvalue weighted by Crippen LogP contribution is 2.27. The number of hydrogen-bond acceptors (Lipinski definition) is 5. The van der Waals surface area contributed by atoms with Crippen LogP contribution in [0.2, 0.25) is 5.02 Å². The molecule has 9 nitrogen and oxygen atoms in total. The SMILES string of the molecule is O=C(O)C(C(=O)O)c1cnc(C(C(=O)O)C(=O)O)c(Cl)c1. The molecule has 1 aromatic heterocycles. The fourth-order valence-corrected chi connectivity index (χ4v) is 1.85. The number of aromatic nitrogens is 1. The second-order valence-corrected chi connectivity index (χ2v) is 4.26. The molecule has 0 aliphatic carbocycles. The first-order valence-corrected chi connectivity index (χ1v) is 5.61. The molecule has 21 heavy (non-hydrogen) atoms. The third-order valence-corrected chi connectivity index (χ3v) is 2.79. The fourth-order valence-electron chi connectivity index (χ4n) is 1.56. The maximum absolute atomic E-state index is 10.9. The maximum Gasteiger partial charge on any atom is 0.324 e. The van der Waals surface area contributed by atoms with Crippen LogP contribution in [-0.2, 0) is 19.2 Å². The van der Waals surface area contributed by atoms with Crippen molar-refractivity contribution >= 4 is 35.5 Å². The summed E-state index contributed by atoms with van der Waals surface area (Å²) < 4.78 is 0. The molecule has 0 unspecified atom stereocenters. The summed E-state index contributed by atoms with van der Waals surface area (Å²) in [5.41, 5.74) is -0.826. The van der Waals surface area contributed by atoms with E-state index < -0.39 is 46.4 Å². The summed E-state index contributed by atoms with van der Waals surface area (Å²) in [6.45, 7) is 0. The van der Waals surface area contributed by atoms with Crippen molar-refractivity contribution in [2.75, 3.05) is 0 Å². The molecule has 4 N–H and O–H groups in total. The van der Waals surface area contributed by atoms with Gasteiger partial charge in [-0.25, -0.2) is 0 Å². The van der Waals surface area contributed by atoms with Gasteiger partial charge in [-0.05, 0) is 11.6 Å². The predicted molar refractivity (Wildman–Crippen MR) is 65.3 cm³/mol. The summed E-state index contributed by atoms with van der Waals surface area (Å²) in [6.07, 6.45) is 0.771. The predicted octanol–water partition coefficient (Wildman–Crippen LogP) is 0.241. The first kappa shape index (κ1) is 16.4. The lowest BCUT2D eigenvalue weighted by Gasteiger charge is -2.12. The number of carboxylic acid groups (broad SMARTS) is 4. The summed E-state index contributed by atoms with van der Waals surface area (Å²) in [5.74, 6) is -10.7. The Balaban J connectivity index is 3.33. The van der Waals surface area contributed by atoms with Gasteiger partial charge in [-0.1, -0.05) is 11.6 Å². The van der Waals surface area contributed by atoms with Crippen LogP contribution in [0, 0.1) is 0 Å². The van der Waals surface area contributed by atoms with Crippen LogP contribution >= 0.6 is 11.6 Å². The molecule has 0 bridgehead atoms. The molecule has 0 atom stereocenters. The second-order valence-electron chi connectivity index (χ2n) is 3.85. The molecule has 0 spiro atoms. The number of carbonyl (C=O) groups is 4. The lowest BCUT2D eigenvalue weighted by atomic mass is 9.99. The van der Waals surface area contributed by atoms with Crippen molar-refractivity contribution < 1.29 is 39.6 Å². The Morgan fingerprint density at radius 2 is 1.33 bits per heavy atom. The Bertz CT molecular complexity index is 601. The molecule has 0 radical (unpaired) electrons. The molecule has 1 heterocycles. The molecule has 0 saturated carbocycles. The number of halogens is 1. The molecule has 0 amide bonds. The minimum Gasteiger partial charge on any atom is -0.480 e. The highest BCUT2D eigenvalue weighted by molar-refractivity contribution is 6.32. The van der Waals surface area contributed by atoms with E-state index in [4.69, 9.17) is 32.0 Å². The molecular formula is C11H8ClNO8. The Labute approximate surface area is 121 Å². The van der Waals surface area contributed by atoms with Gasteiger partial charge < -0.3 is 20.4 Å². The zero-order valence-corrected chi connectivity index (χ0v) is 10.8. The van der Waals surface area contributed by atoms with Crippen molar-refractivity contribution in [3.8, 4) is 0 Å². The summed E-state index contributed by atoms with van der Waals surface area (Å²) in [7, 11) is 0. The molecule has 1 rings (SSSR count). The fraction of sp³-hybridized carbons (Fsp3) is 0.182. The van der Waals surface area contributed by atoms with Crippen molar-refractivity contribution in [1.29, 1.82) is 0 Å². The molecule has 0 fully saturated rings. The number of hydrogen-bond donors (Lipinski definition) is 4. The monoisotopic (exact) mass is 317 g/mol. The first-order valence-electron chi connectivity index (χ1n) is 5.23. The molecule has 0 aliphatic heterocycles. The van der Waals surface area contributed by atoms with Crippen LogP contribution in [0.4, 0.5) is 0 Å². The van der Waals surface area contributed by atoms with E-state index in [9.17, 15) is 19.2 Å². The van der Waals surface area contributed by atoms with Gasteiger partial charge in [0.2, 0.25) is 0 Å². The molecule has 0 aromatic carbocycles. The van der Waals surface area contributed by atoms with Crippen LogP contribution in [0.5, 0.6) is 0 Å². The molecule has 10 heteroatoms. The topological polar surface area (TPSA) is 162 Å². The van der Waals surface area contributed by atoms with Crippen LogP contribution in [0.25, 0.3) is 0 Å². The molecule has 1 aromatic rings. The lowest BCUT2D eigenvalue weighted by molar-refractivity contribution is -0.152. The van der Waals surface area contributed by atoms with Gasteiger partial charge in [0.05, 0.1) is 10.7 Å². The Morgan fingerprint density at radius 3 is 1.67 bits per heavy atom. The summed E-state index contributed by atoms with van der Waals surface area (Å²) in [6, 6.07) is 0.871. The normalized spacial score (nSPS) is 10.6. The van der Waals surface area contributed by atoms with Crippen LogP contribution in [0.3, 0.4) is 0 Å². The molecule has 0 saturated heterocycles. The Kier molecular flexibility index (Phi) is 4.82. The third-order valence-electron chi connectivity index (χ3n) is 2.49. The van der Waals surface area contributed by atoms with Gasteiger partial charge in [-0.3, -0.25) is 24.2 Å². The zero-order valence-electron chi connectivity index (χ0n) is 10.1. The summed E-state index contributed by atoms with van der Waals surface area (Å²) in [4.78, 5) is 46.9. The standard InChI is InChI=1S/C11H8ClNO8/c12-4-1-3(5(8(14)15)9(16)17)2-13-7(4)6(10(18)19)11(20)21/h1-2,5-6H,(H,14,15)(H,16,17)(H,18,19)(H,20,21). The van der Waals surface area contributed by atoms with E-state index in [1.165, 1.54) is 0 Å². The molecular weight excluding hydrogens is 310 g/mol. The number of aliphatic carboxylic acids is 4. The number of rotatable bonds is 6. The van der Waals surface area contributed by atoms with Crippen molar-refractivity contribution in [2.24, 2.45) is 0 Å². The number of carboxylic acids is 4. The van der Waals surface area contributed by atoms with E-state index in [1.807, 2.05) is 0 Å². The van der Waals surface area contributed by atoms with Crippen LogP contribution in [0.1, 0.15) is 23.1 Å². The van der Waals surface area contributed by atoms with E-state index >= 15 is 0 Å². The largest absolute Gasteiger partial charge is 0.480 e. The van der Waals surface area contributed by atoms with Crippen LogP contribution in [0.15, 0.2) is 12.3 Å². The van der Waals surface area contributed by atoms with E-state index in [2.05, 4.69) is 4.98 Å². The van der Waals surface area contributed by atoms with Gasteiger partial charge in [0, 0.05) is 6.20 Å². The highest BCUT2D eigenvalue weighted by Gasteiger charge is 2.34. The van der Waals surface area contributed by atoms with Gasteiger partial charge in [0.1, 0.15) is 0 Å². The quantitative estimate of drug-likeness (QED) is 0.538. The van der Waals surface area contributed by atoms with E-state index in [1.54, 1.807) is 0 Å². The lowest BCUT2D eigenvalue weighted by Crippen LogP contribution is -2.24. The maximum atomic E-state index is 10.9. The Morgan fingerprint density at radius 1 is 0.905 bits per heavy atom. The third kappa shape index (κ3) is 3.45. The van der Waals surface area contributed by atoms with E-state index in [0.29, 0.717) is 0 Å². The van der Waals surface area contributed by atoms with Crippen LogP contribution < -0.4 is 0 Å². The van der Waals surface area contributed by atoms with E-state index in [-0.39, 0.29) is 5.56 Å². The van der Waals surface area contributed by atoms with Gasteiger partial charge in [-0.15, -0.1) is 0 Å². The van der Waals surface area contributed by atoms with Gasteiger partial charge in [0.15, 0.2) is 11.8 Å². The van der Waals surface area contributed by atoms with Gasteiger partial charge in [0.25, 0.3) is 0 Å². The van der Waals surface area contributed by atoms with Crippen molar-refractivity contribution in [3.63, 3.8) is 0 Å². The minimum absolute atomic E-state index is 0.307. The Hall–Kier alpha value is -2.68. The minimum atomic E-state index is -2.04. The van der Waals surface area contributed by atoms with Crippen LogP contribution in [-0.4, -0.2) is 49.3 Å². The number of pyridine rings is 1. The zero-order chi connectivity index (χ0) is 16.3. The average molecular weight is 318 g/mol. The first-order chi connectivity index (χ1) is 9.66. The second kappa shape index (κ2) is 6.18. The number of nitrogens with zero attached hydrogens (tertiary/aromatic N) is 1. The molecule has 112 valence electrons. The van der Waals surface area contributed by atoms with Crippen molar-refractivity contribution in [2.45, 2.75) is 11.8 Å². The average Bonchev–Trinajstić information content (AvgIpc) is 2.30.